The van der Waals surface area contributed by atoms with Gasteiger partial charge in [0.05, 0.1) is 10.5 Å². The van der Waals surface area contributed by atoms with Crippen LogP contribution in [0.25, 0.3) is 0 Å². The first kappa shape index (κ1) is 17.4. The molecule has 21 heavy (non-hydrogen) atoms. The summed E-state index contributed by atoms with van der Waals surface area (Å²) in [7, 11) is 0. The van der Waals surface area contributed by atoms with E-state index in [-0.39, 0.29) is 48.3 Å². The second-order valence-corrected chi connectivity index (χ2v) is 3.74. The number of pyridine rings is 1. The molecule has 0 atom stereocenters. The van der Waals surface area contributed by atoms with Crippen LogP contribution >= 0.6 is 0 Å². The molecule has 2 aromatic rings. The third kappa shape index (κ3) is 4.69. The number of halogens is 3. The van der Waals surface area contributed by atoms with Crippen molar-refractivity contribution in [2.24, 2.45) is 0 Å². The first-order valence-corrected chi connectivity index (χ1v) is 5.32. The number of benzene rings is 1. The van der Waals surface area contributed by atoms with Gasteiger partial charge < -0.3 is 6.16 Å². The van der Waals surface area contributed by atoms with Crippen LogP contribution in [0.15, 0.2) is 42.6 Å². The number of nitrogens with zero attached hydrogens (tertiary/aromatic N) is 2. The maximum atomic E-state index is 12.5. The van der Waals surface area contributed by atoms with E-state index in [9.17, 15) is 23.3 Å². The van der Waals surface area contributed by atoms with Crippen molar-refractivity contribution in [1.29, 1.82) is 0 Å². The van der Waals surface area contributed by atoms with Gasteiger partial charge in [-0.05, 0) is 18.2 Å². The second-order valence-electron chi connectivity index (χ2n) is 3.74. The molecule has 0 radical (unpaired) electrons. The van der Waals surface area contributed by atoms with E-state index in [4.69, 9.17) is 4.74 Å². The molecule has 0 spiro atoms. The Kier molecular flexibility index (Phi) is 5.70. The normalized spacial score (nSPS) is 10.6. The van der Waals surface area contributed by atoms with Crippen LogP contribution in [0.2, 0.25) is 0 Å². The van der Waals surface area contributed by atoms with Gasteiger partial charge in [-0.2, -0.15) is 13.2 Å². The summed E-state index contributed by atoms with van der Waals surface area (Å²) in [5.74, 6) is -0.0869. The zero-order valence-corrected chi connectivity index (χ0v) is 12.8. The third-order valence-electron chi connectivity index (χ3n) is 2.32. The molecular weight excluding hydrogens is 300 g/mol. The summed E-state index contributed by atoms with van der Waals surface area (Å²) in [6.45, 7) is 0. The molecular formula is C12H8F3N2NaO3. The van der Waals surface area contributed by atoms with Gasteiger partial charge in [0, 0.05) is 12.1 Å². The molecule has 2 rings (SSSR count). The SMILES string of the molecule is O=[N+]([O-])c1ccc(Oc2cccc(C(F)(F)F)c2)nc1.[H-].[Na+]. The van der Waals surface area contributed by atoms with Crippen molar-refractivity contribution in [3.8, 4) is 11.6 Å². The fourth-order valence-corrected chi connectivity index (χ4v) is 1.40. The standard InChI is InChI=1S/C12H7F3N2O3.Na.H/c13-12(14,15)8-2-1-3-10(6-8)20-11-5-4-9(7-16-11)17(18)19;;/h1-7H;;/q;+1;-1. The van der Waals surface area contributed by atoms with E-state index >= 15 is 0 Å². The molecule has 0 aliphatic heterocycles. The van der Waals surface area contributed by atoms with E-state index in [1.807, 2.05) is 0 Å². The van der Waals surface area contributed by atoms with Crippen molar-refractivity contribution < 1.29 is 53.8 Å². The molecule has 0 aliphatic carbocycles. The first-order chi connectivity index (χ1) is 9.36. The maximum Gasteiger partial charge on any atom is 1.00 e. The zero-order valence-electron chi connectivity index (χ0n) is 11.8. The van der Waals surface area contributed by atoms with E-state index in [2.05, 4.69) is 4.98 Å². The van der Waals surface area contributed by atoms with Gasteiger partial charge in [-0.1, -0.05) is 6.07 Å². The third-order valence-corrected chi connectivity index (χ3v) is 2.32. The van der Waals surface area contributed by atoms with Gasteiger partial charge >= 0.3 is 35.7 Å². The topological polar surface area (TPSA) is 65.3 Å². The van der Waals surface area contributed by atoms with Crippen molar-refractivity contribution in [3.05, 3.63) is 58.3 Å². The van der Waals surface area contributed by atoms with Crippen LogP contribution in [0.1, 0.15) is 6.99 Å². The van der Waals surface area contributed by atoms with Gasteiger partial charge in [0.2, 0.25) is 5.88 Å². The first-order valence-electron chi connectivity index (χ1n) is 5.32. The Morgan fingerprint density at radius 1 is 1.24 bits per heavy atom. The molecule has 0 amide bonds. The number of ether oxygens (including phenoxy) is 1. The molecule has 0 saturated carbocycles. The summed E-state index contributed by atoms with van der Waals surface area (Å²) in [5, 5.41) is 10.4. The molecule has 0 aliphatic rings. The minimum atomic E-state index is -4.47. The summed E-state index contributed by atoms with van der Waals surface area (Å²) < 4.78 is 42.6. The quantitative estimate of drug-likeness (QED) is 0.480. The smallest absolute Gasteiger partial charge is 1.00 e. The molecule has 1 heterocycles. The molecule has 0 N–H and O–H groups in total. The summed E-state index contributed by atoms with van der Waals surface area (Å²) >= 11 is 0. The summed E-state index contributed by atoms with van der Waals surface area (Å²) in [6, 6.07) is 6.62. The van der Waals surface area contributed by atoms with Crippen LogP contribution in [-0.2, 0) is 6.18 Å². The molecule has 9 heteroatoms. The minimum Gasteiger partial charge on any atom is -1.00 e. The van der Waals surface area contributed by atoms with E-state index < -0.39 is 16.7 Å². The fourth-order valence-electron chi connectivity index (χ4n) is 1.40. The van der Waals surface area contributed by atoms with Crippen LogP contribution in [0.3, 0.4) is 0 Å². The molecule has 0 bridgehead atoms. The van der Waals surface area contributed by atoms with Gasteiger partial charge in [-0.3, -0.25) is 10.1 Å². The van der Waals surface area contributed by atoms with Crippen LogP contribution in [0.5, 0.6) is 11.6 Å². The Morgan fingerprint density at radius 2 is 1.95 bits per heavy atom. The second kappa shape index (κ2) is 6.88. The molecule has 0 unspecified atom stereocenters. The van der Waals surface area contributed by atoms with E-state index in [1.54, 1.807) is 0 Å². The molecule has 1 aromatic heterocycles. The molecule has 0 saturated heterocycles. The van der Waals surface area contributed by atoms with E-state index in [0.29, 0.717) is 0 Å². The van der Waals surface area contributed by atoms with E-state index in [0.717, 1.165) is 24.4 Å². The Bertz CT molecular complexity index is 638. The number of rotatable bonds is 3. The summed E-state index contributed by atoms with van der Waals surface area (Å²) in [6.07, 6.45) is -3.51. The maximum absolute atomic E-state index is 12.5. The summed E-state index contributed by atoms with van der Waals surface area (Å²) in [4.78, 5) is 13.4. The Balaban J connectivity index is 0.00000220. The molecule has 106 valence electrons. The monoisotopic (exact) mass is 308 g/mol. The van der Waals surface area contributed by atoms with Gasteiger partial charge in [0.15, 0.2) is 0 Å². The van der Waals surface area contributed by atoms with Crippen LogP contribution < -0.4 is 34.3 Å². The Labute approximate surface area is 140 Å². The fraction of sp³-hybridized carbons (Fsp3) is 0.0833. The van der Waals surface area contributed by atoms with E-state index in [1.165, 1.54) is 18.2 Å². The number of aromatic nitrogens is 1. The average molecular weight is 308 g/mol. The van der Waals surface area contributed by atoms with Crippen molar-refractivity contribution >= 4 is 5.69 Å². The Hall–Kier alpha value is -1.64. The number of nitro groups is 1. The largest absolute Gasteiger partial charge is 1.00 e. The van der Waals surface area contributed by atoms with Crippen LogP contribution in [0, 0.1) is 10.1 Å². The van der Waals surface area contributed by atoms with Crippen molar-refractivity contribution in [2.45, 2.75) is 6.18 Å². The number of hydrogen-bond donors (Lipinski definition) is 0. The zero-order chi connectivity index (χ0) is 14.8. The number of hydrogen-bond acceptors (Lipinski definition) is 4. The van der Waals surface area contributed by atoms with Gasteiger partial charge in [-0.25, -0.2) is 4.98 Å². The molecule has 1 aromatic carbocycles. The average Bonchev–Trinajstić information content (AvgIpc) is 2.38. The van der Waals surface area contributed by atoms with Crippen molar-refractivity contribution in [3.63, 3.8) is 0 Å². The van der Waals surface area contributed by atoms with Crippen LogP contribution in [0.4, 0.5) is 18.9 Å². The Morgan fingerprint density at radius 3 is 2.48 bits per heavy atom. The van der Waals surface area contributed by atoms with Gasteiger partial charge in [0.25, 0.3) is 5.69 Å². The van der Waals surface area contributed by atoms with Gasteiger partial charge in [0.1, 0.15) is 11.9 Å². The van der Waals surface area contributed by atoms with Crippen molar-refractivity contribution in [1.82, 2.24) is 4.98 Å². The summed E-state index contributed by atoms with van der Waals surface area (Å²) in [5.41, 5.74) is -1.08. The van der Waals surface area contributed by atoms with Gasteiger partial charge in [-0.15, -0.1) is 0 Å². The molecule has 0 fully saturated rings. The predicted molar refractivity (Wildman–Crippen MR) is 63.5 cm³/mol. The predicted octanol–water partition coefficient (Wildman–Crippen LogP) is 0.917. The van der Waals surface area contributed by atoms with Crippen molar-refractivity contribution in [2.75, 3.05) is 0 Å². The minimum absolute atomic E-state index is 0. The van der Waals surface area contributed by atoms with Crippen LogP contribution in [-0.4, -0.2) is 9.91 Å². The molecule has 5 nitrogen and oxygen atoms in total. The number of alkyl halides is 3.